The maximum Gasteiger partial charge on any atom is 0.155 e. The summed E-state index contributed by atoms with van der Waals surface area (Å²) in [5.74, 6) is 0. The van der Waals surface area contributed by atoms with Gasteiger partial charge in [-0.3, -0.25) is 0 Å². The van der Waals surface area contributed by atoms with E-state index in [-0.39, 0.29) is 0 Å². The number of hydrogen-bond donors (Lipinski definition) is 0. The standard InChI is InChI=1S/C12H10Cl2N2/c1-7-8(2)16-12(14)11(15-7)9-3-5-10(13)6-4-9/h3-6H,1-2H3. The first kappa shape index (κ1) is 11.4. The van der Waals surface area contributed by atoms with Gasteiger partial charge in [-0.25, -0.2) is 9.97 Å². The number of nitrogens with zero attached hydrogens (tertiary/aromatic N) is 2. The average Bonchev–Trinajstić information content (AvgIpc) is 2.25. The Kier molecular flexibility index (Phi) is 3.13. The summed E-state index contributed by atoms with van der Waals surface area (Å²) < 4.78 is 0. The highest BCUT2D eigenvalue weighted by atomic mass is 35.5. The topological polar surface area (TPSA) is 25.8 Å². The van der Waals surface area contributed by atoms with Crippen LogP contribution in [0.2, 0.25) is 10.2 Å². The Labute approximate surface area is 104 Å². The third-order valence-electron chi connectivity index (χ3n) is 2.38. The first-order valence-electron chi connectivity index (χ1n) is 4.84. The zero-order valence-corrected chi connectivity index (χ0v) is 10.5. The van der Waals surface area contributed by atoms with E-state index < -0.39 is 0 Å². The van der Waals surface area contributed by atoms with Crippen molar-refractivity contribution in [2.24, 2.45) is 0 Å². The summed E-state index contributed by atoms with van der Waals surface area (Å²) in [6.07, 6.45) is 0. The van der Waals surface area contributed by atoms with E-state index in [0.717, 1.165) is 17.0 Å². The van der Waals surface area contributed by atoms with Crippen molar-refractivity contribution in [3.63, 3.8) is 0 Å². The molecule has 2 rings (SSSR count). The molecular formula is C12H10Cl2N2. The summed E-state index contributed by atoms with van der Waals surface area (Å²) in [6, 6.07) is 7.38. The lowest BCUT2D eigenvalue weighted by Crippen LogP contribution is -1.96. The Balaban J connectivity index is 2.56. The van der Waals surface area contributed by atoms with Crippen LogP contribution in [0.25, 0.3) is 11.3 Å². The predicted octanol–water partition coefficient (Wildman–Crippen LogP) is 4.07. The van der Waals surface area contributed by atoms with Crippen LogP contribution in [0.5, 0.6) is 0 Å². The number of halogens is 2. The van der Waals surface area contributed by atoms with E-state index in [4.69, 9.17) is 23.2 Å². The molecule has 0 aliphatic carbocycles. The average molecular weight is 253 g/mol. The van der Waals surface area contributed by atoms with Gasteiger partial charge in [0.2, 0.25) is 0 Å². The zero-order valence-electron chi connectivity index (χ0n) is 8.96. The summed E-state index contributed by atoms with van der Waals surface area (Å²) in [5.41, 5.74) is 3.35. The van der Waals surface area contributed by atoms with Crippen LogP contribution >= 0.6 is 23.2 Å². The van der Waals surface area contributed by atoms with Gasteiger partial charge in [-0.05, 0) is 26.0 Å². The highest BCUT2D eigenvalue weighted by molar-refractivity contribution is 6.32. The van der Waals surface area contributed by atoms with Crippen LogP contribution in [0.3, 0.4) is 0 Å². The number of benzene rings is 1. The fourth-order valence-electron chi connectivity index (χ4n) is 1.37. The van der Waals surface area contributed by atoms with Crippen LogP contribution in [-0.4, -0.2) is 9.97 Å². The van der Waals surface area contributed by atoms with Crippen LogP contribution < -0.4 is 0 Å². The van der Waals surface area contributed by atoms with E-state index >= 15 is 0 Å². The molecule has 0 aliphatic heterocycles. The molecule has 82 valence electrons. The first-order chi connectivity index (χ1) is 7.58. The normalized spacial score (nSPS) is 10.5. The van der Waals surface area contributed by atoms with E-state index in [9.17, 15) is 0 Å². The van der Waals surface area contributed by atoms with Crippen molar-refractivity contribution in [1.29, 1.82) is 0 Å². The van der Waals surface area contributed by atoms with Crippen LogP contribution in [0.15, 0.2) is 24.3 Å². The number of aromatic nitrogens is 2. The van der Waals surface area contributed by atoms with Crippen LogP contribution in [0, 0.1) is 13.8 Å². The van der Waals surface area contributed by atoms with Gasteiger partial charge in [-0.2, -0.15) is 0 Å². The third kappa shape index (κ3) is 2.18. The summed E-state index contributed by atoms with van der Waals surface area (Å²) in [5, 5.41) is 1.11. The molecule has 0 radical (unpaired) electrons. The molecule has 2 nitrogen and oxygen atoms in total. The second-order valence-electron chi connectivity index (χ2n) is 3.54. The molecule has 0 bridgehead atoms. The number of rotatable bonds is 1. The summed E-state index contributed by atoms with van der Waals surface area (Å²) in [7, 11) is 0. The van der Waals surface area contributed by atoms with Crippen LogP contribution in [-0.2, 0) is 0 Å². The monoisotopic (exact) mass is 252 g/mol. The summed E-state index contributed by atoms with van der Waals surface area (Å²) in [4.78, 5) is 8.68. The Hall–Kier alpha value is -1.12. The van der Waals surface area contributed by atoms with E-state index in [2.05, 4.69) is 9.97 Å². The first-order valence-corrected chi connectivity index (χ1v) is 5.60. The van der Waals surface area contributed by atoms with Crippen molar-refractivity contribution >= 4 is 23.2 Å². The fraction of sp³-hybridized carbons (Fsp3) is 0.167. The number of hydrogen-bond acceptors (Lipinski definition) is 2. The van der Waals surface area contributed by atoms with E-state index in [1.54, 1.807) is 0 Å². The SMILES string of the molecule is Cc1nc(Cl)c(-c2ccc(Cl)cc2)nc1C. The quantitative estimate of drug-likeness (QED) is 0.765. The van der Waals surface area contributed by atoms with Crippen molar-refractivity contribution in [3.05, 3.63) is 45.8 Å². The summed E-state index contributed by atoms with van der Waals surface area (Å²) in [6.45, 7) is 3.80. The molecule has 0 N–H and O–H groups in total. The molecule has 0 spiro atoms. The second-order valence-corrected chi connectivity index (χ2v) is 4.34. The maximum absolute atomic E-state index is 6.07. The molecule has 0 fully saturated rings. The van der Waals surface area contributed by atoms with Gasteiger partial charge < -0.3 is 0 Å². The molecular weight excluding hydrogens is 243 g/mol. The molecule has 1 heterocycles. The minimum absolute atomic E-state index is 0.422. The Morgan fingerprint density at radius 1 is 0.875 bits per heavy atom. The highest BCUT2D eigenvalue weighted by Crippen LogP contribution is 2.26. The minimum Gasteiger partial charge on any atom is -0.248 e. The predicted molar refractivity (Wildman–Crippen MR) is 67.0 cm³/mol. The lowest BCUT2D eigenvalue weighted by molar-refractivity contribution is 1.05. The van der Waals surface area contributed by atoms with E-state index in [1.165, 1.54) is 0 Å². The van der Waals surface area contributed by atoms with Gasteiger partial charge in [-0.15, -0.1) is 0 Å². The molecule has 16 heavy (non-hydrogen) atoms. The van der Waals surface area contributed by atoms with Crippen molar-refractivity contribution in [3.8, 4) is 11.3 Å². The molecule has 0 atom stereocenters. The Morgan fingerprint density at radius 3 is 2.06 bits per heavy atom. The number of aryl methyl sites for hydroxylation is 2. The molecule has 0 saturated heterocycles. The Morgan fingerprint density at radius 2 is 1.44 bits per heavy atom. The lowest BCUT2D eigenvalue weighted by atomic mass is 10.1. The highest BCUT2D eigenvalue weighted by Gasteiger charge is 2.08. The molecule has 1 aromatic heterocycles. The van der Waals surface area contributed by atoms with Crippen LogP contribution in [0.4, 0.5) is 0 Å². The van der Waals surface area contributed by atoms with Gasteiger partial charge in [0.1, 0.15) is 5.69 Å². The van der Waals surface area contributed by atoms with Crippen molar-refractivity contribution in [2.45, 2.75) is 13.8 Å². The fourth-order valence-corrected chi connectivity index (χ4v) is 1.77. The van der Waals surface area contributed by atoms with Crippen molar-refractivity contribution in [1.82, 2.24) is 9.97 Å². The minimum atomic E-state index is 0.422. The third-order valence-corrected chi connectivity index (χ3v) is 2.90. The van der Waals surface area contributed by atoms with Crippen molar-refractivity contribution < 1.29 is 0 Å². The van der Waals surface area contributed by atoms with E-state index in [0.29, 0.717) is 15.9 Å². The van der Waals surface area contributed by atoms with Gasteiger partial charge in [0.05, 0.1) is 11.4 Å². The smallest absolute Gasteiger partial charge is 0.155 e. The molecule has 0 saturated carbocycles. The second kappa shape index (κ2) is 4.40. The van der Waals surface area contributed by atoms with Gasteiger partial charge in [-0.1, -0.05) is 35.3 Å². The zero-order chi connectivity index (χ0) is 11.7. The van der Waals surface area contributed by atoms with Gasteiger partial charge in [0.25, 0.3) is 0 Å². The van der Waals surface area contributed by atoms with E-state index in [1.807, 2.05) is 38.1 Å². The lowest BCUT2D eigenvalue weighted by Gasteiger charge is -2.06. The molecule has 0 aliphatic rings. The van der Waals surface area contributed by atoms with Gasteiger partial charge >= 0.3 is 0 Å². The maximum atomic E-state index is 6.07. The largest absolute Gasteiger partial charge is 0.248 e. The molecule has 4 heteroatoms. The Bertz CT molecular complexity index is 521. The molecule has 1 aromatic carbocycles. The molecule has 2 aromatic rings. The van der Waals surface area contributed by atoms with Crippen molar-refractivity contribution in [2.75, 3.05) is 0 Å². The van der Waals surface area contributed by atoms with Gasteiger partial charge in [0, 0.05) is 10.6 Å². The van der Waals surface area contributed by atoms with Crippen LogP contribution in [0.1, 0.15) is 11.4 Å². The van der Waals surface area contributed by atoms with Gasteiger partial charge in [0.15, 0.2) is 5.15 Å². The molecule has 0 unspecified atom stereocenters. The summed E-state index contributed by atoms with van der Waals surface area (Å²) >= 11 is 11.9. The molecule has 0 amide bonds.